The summed E-state index contributed by atoms with van der Waals surface area (Å²) in [5, 5.41) is 13.0. The Labute approximate surface area is 135 Å². The summed E-state index contributed by atoms with van der Waals surface area (Å²) in [6, 6.07) is -0.853. The van der Waals surface area contributed by atoms with Crippen LogP contribution in [0, 0.1) is 12.8 Å². The van der Waals surface area contributed by atoms with Gasteiger partial charge in [-0.2, -0.15) is 0 Å². The predicted molar refractivity (Wildman–Crippen MR) is 86.4 cm³/mol. The molecule has 1 aromatic heterocycles. The zero-order chi connectivity index (χ0) is 16.3. The highest BCUT2D eigenvalue weighted by molar-refractivity contribution is 7.13. The lowest BCUT2D eigenvalue weighted by atomic mass is 9.99. The van der Waals surface area contributed by atoms with E-state index in [0.29, 0.717) is 22.9 Å². The van der Waals surface area contributed by atoms with Crippen molar-refractivity contribution in [2.45, 2.75) is 64.8 Å². The van der Waals surface area contributed by atoms with Gasteiger partial charge in [0.1, 0.15) is 10.9 Å². The highest BCUT2D eigenvalue weighted by Gasteiger charge is 2.28. The van der Waals surface area contributed by atoms with E-state index in [-0.39, 0.29) is 11.8 Å². The van der Waals surface area contributed by atoms with Gasteiger partial charge in [0.05, 0.1) is 10.7 Å². The first kappa shape index (κ1) is 16.9. The van der Waals surface area contributed by atoms with Crippen molar-refractivity contribution in [2.24, 2.45) is 5.92 Å². The molecular formula is C16H24N2O3S. The number of hydrogen-bond donors (Lipinski definition) is 2. The average molecular weight is 324 g/mol. The third-order valence-electron chi connectivity index (χ3n) is 4.49. The maximum atomic E-state index is 12.4. The molecule has 1 saturated carbocycles. The van der Waals surface area contributed by atoms with Crippen LogP contribution in [0.25, 0.3) is 0 Å². The van der Waals surface area contributed by atoms with Crippen LogP contribution < -0.4 is 5.32 Å². The van der Waals surface area contributed by atoms with Gasteiger partial charge in [0.25, 0.3) is 5.91 Å². The van der Waals surface area contributed by atoms with Crippen LogP contribution in [-0.2, 0) is 4.79 Å². The van der Waals surface area contributed by atoms with Gasteiger partial charge in [0.15, 0.2) is 0 Å². The van der Waals surface area contributed by atoms with Gasteiger partial charge in [0, 0.05) is 5.92 Å². The maximum Gasteiger partial charge on any atom is 0.326 e. The van der Waals surface area contributed by atoms with Gasteiger partial charge in [-0.25, -0.2) is 9.78 Å². The number of nitrogens with one attached hydrogen (secondary N) is 1. The van der Waals surface area contributed by atoms with Crippen molar-refractivity contribution in [3.8, 4) is 0 Å². The fraction of sp³-hybridized carbons (Fsp3) is 0.688. The molecule has 1 fully saturated rings. The largest absolute Gasteiger partial charge is 0.480 e. The van der Waals surface area contributed by atoms with Crippen LogP contribution in [-0.4, -0.2) is 28.0 Å². The molecule has 5 nitrogen and oxygen atoms in total. The van der Waals surface area contributed by atoms with E-state index in [9.17, 15) is 14.7 Å². The monoisotopic (exact) mass is 324 g/mol. The number of aromatic nitrogens is 1. The second-order valence-electron chi connectivity index (χ2n) is 6.12. The third-order valence-corrected chi connectivity index (χ3v) is 5.81. The lowest BCUT2D eigenvalue weighted by Gasteiger charge is -2.19. The quantitative estimate of drug-likeness (QED) is 0.841. The Morgan fingerprint density at radius 3 is 2.59 bits per heavy atom. The van der Waals surface area contributed by atoms with Crippen molar-refractivity contribution in [3.05, 3.63) is 15.6 Å². The number of hydrogen-bond acceptors (Lipinski definition) is 4. The number of thiazole rings is 1. The van der Waals surface area contributed by atoms with Gasteiger partial charge in [-0.15, -0.1) is 11.3 Å². The highest BCUT2D eigenvalue weighted by Crippen LogP contribution is 2.37. The number of carbonyl (C=O) groups excluding carboxylic acids is 1. The fourth-order valence-electron chi connectivity index (χ4n) is 2.87. The lowest BCUT2D eigenvalue weighted by Crippen LogP contribution is -2.44. The van der Waals surface area contributed by atoms with E-state index in [1.165, 1.54) is 24.2 Å². The Kier molecular flexibility index (Phi) is 5.56. The molecule has 0 saturated heterocycles. The molecule has 22 heavy (non-hydrogen) atoms. The third kappa shape index (κ3) is 3.66. The number of rotatable bonds is 6. The zero-order valence-electron chi connectivity index (χ0n) is 13.4. The van der Waals surface area contributed by atoms with Crippen molar-refractivity contribution >= 4 is 23.2 Å². The first-order chi connectivity index (χ1) is 10.4. The van der Waals surface area contributed by atoms with Crippen molar-refractivity contribution < 1.29 is 14.7 Å². The number of aryl methyl sites for hydroxylation is 1. The molecule has 6 heteroatoms. The van der Waals surface area contributed by atoms with E-state index in [1.807, 2.05) is 20.8 Å². The zero-order valence-corrected chi connectivity index (χ0v) is 14.2. The van der Waals surface area contributed by atoms with E-state index >= 15 is 0 Å². The topological polar surface area (TPSA) is 79.3 Å². The van der Waals surface area contributed by atoms with Crippen LogP contribution in [0.15, 0.2) is 0 Å². The minimum atomic E-state index is -0.985. The molecular weight excluding hydrogens is 300 g/mol. The molecule has 0 aromatic carbocycles. The van der Waals surface area contributed by atoms with Crippen molar-refractivity contribution in [3.63, 3.8) is 0 Å². The van der Waals surface area contributed by atoms with Gasteiger partial charge in [0.2, 0.25) is 0 Å². The molecule has 1 heterocycles. The Morgan fingerprint density at radius 1 is 1.41 bits per heavy atom. The van der Waals surface area contributed by atoms with Gasteiger partial charge >= 0.3 is 5.97 Å². The Hall–Kier alpha value is -1.43. The minimum absolute atomic E-state index is 0.107. The van der Waals surface area contributed by atoms with Crippen LogP contribution in [0.4, 0.5) is 0 Å². The summed E-state index contributed by atoms with van der Waals surface area (Å²) in [6.45, 7) is 5.58. The number of carboxylic acid groups (broad SMARTS) is 1. The van der Waals surface area contributed by atoms with Gasteiger partial charge in [-0.3, -0.25) is 4.79 Å². The fourth-order valence-corrected chi connectivity index (χ4v) is 4.00. The summed E-state index contributed by atoms with van der Waals surface area (Å²) in [4.78, 5) is 28.9. The summed E-state index contributed by atoms with van der Waals surface area (Å²) in [5.74, 6) is -0.938. The van der Waals surface area contributed by atoms with Crippen LogP contribution in [0.3, 0.4) is 0 Å². The Bertz CT molecular complexity index is 550. The normalized spacial score (nSPS) is 18.1. The Balaban J connectivity index is 2.13. The second-order valence-corrected chi connectivity index (χ2v) is 7.15. The molecule has 1 aromatic rings. The molecule has 0 bridgehead atoms. The van der Waals surface area contributed by atoms with Gasteiger partial charge in [-0.05, 0) is 25.7 Å². The summed E-state index contributed by atoms with van der Waals surface area (Å²) >= 11 is 1.42. The summed E-state index contributed by atoms with van der Waals surface area (Å²) in [6.07, 6.45) is 5.42. The molecule has 2 atom stereocenters. The summed E-state index contributed by atoms with van der Waals surface area (Å²) < 4.78 is 0. The van der Waals surface area contributed by atoms with Crippen LogP contribution >= 0.6 is 11.3 Å². The standard InChI is InChI=1S/C16H24N2O3S/c1-4-9(2)12(16(20)21)18-14(19)13-10(3)17-15(22-13)11-7-5-6-8-11/h9,11-12H,4-8H2,1-3H3,(H,18,19)(H,20,21). The van der Waals surface area contributed by atoms with E-state index in [2.05, 4.69) is 10.3 Å². The molecule has 2 rings (SSSR count). The van der Waals surface area contributed by atoms with Crippen LogP contribution in [0.1, 0.15) is 72.2 Å². The Morgan fingerprint density at radius 2 is 2.05 bits per heavy atom. The predicted octanol–water partition coefficient (Wildman–Crippen LogP) is 3.34. The van der Waals surface area contributed by atoms with Crippen molar-refractivity contribution in [1.82, 2.24) is 10.3 Å². The molecule has 0 aliphatic heterocycles. The van der Waals surface area contributed by atoms with Gasteiger partial charge in [-0.1, -0.05) is 33.1 Å². The molecule has 122 valence electrons. The molecule has 1 aliphatic carbocycles. The molecule has 1 aliphatic rings. The van der Waals surface area contributed by atoms with Crippen molar-refractivity contribution in [1.29, 1.82) is 0 Å². The van der Waals surface area contributed by atoms with Crippen LogP contribution in [0.5, 0.6) is 0 Å². The van der Waals surface area contributed by atoms with E-state index < -0.39 is 12.0 Å². The summed E-state index contributed by atoms with van der Waals surface area (Å²) in [5.41, 5.74) is 0.706. The van der Waals surface area contributed by atoms with Crippen molar-refractivity contribution in [2.75, 3.05) is 0 Å². The first-order valence-corrected chi connectivity index (χ1v) is 8.76. The molecule has 0 radical (unpaired) electrons. The molecule has 0 spiro atoms. The second kappa shape index (κ2) is 7.22. The van der Waals surface area contributed by atoms with E-state index in [0.717, 1.165) is 17.8 Å². The SMILES string of the molecule is CCC(C)C(NC(=O)c1sc(C2CCCC2)nc1C)C(=O)O. The smallest absolute Gasteiger partial charge is 0.326 e. The number of amides is 1. The number of carboxylic acids is 1. The highest BCUT2D eigenvalue weighted by atomic mass is 32.1. The number of nitrogens with zero attached hydrogens (tertiary/aromatic N) is 1. The first-order valence-electron chi connectivity index (χ1n) is 7.95. The summed E-state index contributed by atoms with van der Waals surface area (Å²) in [7, 11) is 0. The van der Waals surface area contributed by atoms with Crippen LogP contribution in [0.2, 0.25) is 0 Å². The lowest BCUT2D eigenvalue weighted by molar-refractivity contribution is -0.140. The maximum absolute atomic E-state index is 12.4. The molecule has 1 amide bonds. The van der Waals surface area contributed by atoms with E-state index in [4.69, 9.17) is 0 Å². The average Bonchev–Trinajstić information content (AvgIpc) is 3.12. The minimum Gasteiger partial charge on any atom is -0.480 e. The molecule has 2 N–H and O–H groups in total. The van der Waals surface area contributed by atoms with Gasteiger partial charge < -0.3 is 10.4 Å². The molecule has 2 unspecified atom stereocenters. The van der Waals surface area contributed by atoms with E-state index in [1.54, 1.807) is 0 Å². The number of carbonyl (C=O) groups is 2. The number of aliphatic carboxylic acids is 1.